The number of hydrogen-bond donors (Lipinski definition) is 1. The second-order valence-corrected chi connectivity index (χ2v) is 3.56. The number of benzene rings is 1. The molecule has 1 aromatic heterocycles. The Bertz CT molecular complexity index is 559. The van der Waals surface area contributed by atoms with Crippen molar-refractivity contribution in [2.75, 3.05) is 7.11 Å². The first-order chi connectivity index (χ1) is 8.11. The minimum absolute atomic E-state index is 0.109. The number of ether oxygens (including phenoxy) is 1. The van der Waals surface area contributed by atoms with Gasteiger partial charge in [0, 0.05) is 11.6 Å². The minimum atomic E-state index is -1.11. The van der Waals surface area contributed by atoms with Crippen molar-refractivity contribution in [1.82, 2.24) is 5.16 Å². The molecule has 88 valence electrons. The van der Waals surface area contributed by atoms with Crippen LogP contribution < -0.4 is 4.74 Å². The van der Waals surface area contributed by atoms with Gasteiger partial charge in [0.05, 0.1) is 7.11 Å². The first-order valence-corrected chi connectivity index (χ1v) is 4.97. The van der Waals surface area contributed by atoms with E-state index in [2.05, 4.69) is 5.16 Å². The quantitative estimate of drug-likeness (QED) is 0.880. The smallest absolute Gasteiger partial charge is 0.358 e. The lowest BCUT2D eigenvalue weighted by Gasteiger charge is -2.04. The average Bonchev–Trinajstić information content (AvgIpc) is 2.79. The van der Waals surface area contributed by atoms with Crippen LogP contribution in [0.1, 0.15) is 16.1 Å². The van der Waals surface area contributed by atoms with E-state index in [-0.39, 0.29) is 5.69 Å². The Morgan fingerprint density at radius 2 is 2.18 bits per heavy atom. The molecule has 0 radical (unpaired) electrons. The first kappa shape index (κ1) is 11.2. The molecule has 0 unspecified atom stereocenters. The molecular formula is C12H11NO4. The largest absolute Gasteiger partial charge is 0.497 e. The van der Waals surface area contributed by atoms with Crippen LogP contribution in [0.3, 0.4) is 0 Å². The van der Waals surface area contributed by atoms with Crippen molar-refractivity contribution in [2.45, 2.75) is 6.92 Å². The summed E-state index contributed by atoms with van der Waals surface area (Å²) in [6.07, 6.45) is 0. The molecule has 1 N–H and O–H groups in total. The van der Waals surface area contributed by atoms with Crippen molar-refractivity contribution in [3.05, 3.63) is 35.5 Å². The van der Waals surface area contributed by atoms with Gasteiger partial charge in [0.1, 0.15) is 5.75 Å². The van der Waals surface area contributed by atoms with E-state index in [0.29, 0.717) is 11.5 Å². The van der Waals surface area contributed by atoms with Gasteiger partial charge in [0.25, 0.3) is 0 Å². The topological polar surface area (TPSA) is 72.6 Å². The van der Waals surface area contributed by atoms with Crippen LogP contribution in [0.5, 0.6) is 5.75 Å². The second-order valence-electron chi connectivity index (χ2n) is 3.56. The molecule has 0 fully saturated rings. The van der Waals surface area contributed by atoms with Gasteiger partial charge in [-0.3, -0.25) is 0 Å². The lowest BCUT2D eigenvalue weighted by molar-refractivity contribution is 0.0686. The molecule has 0 saturated heterocycles. The second kappa shape index (κ2) is 4.29. The van der Waals surface area contributed by atoms with Gasteiger partial charge in [-0.25, -0.2) is 4.79 Å². The number of hydrogen-bond acceptors (Lipinski definition) is 4. The summed E-state index contributed by atoms with van der Waals surface area (Å²) in [4.78, 5) is 10.7. The van der Waals surface area contributed by atoms with Crippen LogP contribution in [-0.4, -0.2) is 23.3 Å². The van der Waals surface area contributed by atoms with E-state index in [1.54, 1.807) is 13.2 Å². The Morgan fingerprint density at radius 3 is 2.76 bits per heavy atom. The Hall–Kier alpha value is -2.30. The summed E-state index contributed by atoms with van der Waals surface area (Å²) in [5, 5.41) is 12.2. The van der Waals surface area contributed by atoms with Crippen LogP contribution in [0.4, 0.5) is 0 Å². The fraction of sp³-hybridized carbons (Fsp3) is 0.167. The van der Waals surface area contributed by atoms with Crippen LogP contribution in [0.15, 0.2) is 28.8 Å². The zero-order valence-electron chi connectivity index (χ0n) is 9.43. The standard InChI is InChI=1S/C12H11NO4/c1-7-3-4-8(16-2)5-9(7)11-6-10(12(14)15)13-17-11/h3-6H,1-2H3,(H,14,15). The van der Waals surface area contributed by atoms with Crippen LogP contribution >= 0.6 is 0 Å². The van der Waals surface area contributed by atoms with Crippen molar-refractivity contribution in [3.8, 4) is 17.1 Å². The molecule has 0 aliphatic heterocycles. The molecule has 5 nitrogen and oxygen atoms in total. The van der Waals surface area contributed by atoms with Crippen LogP contribution in [-0.2, 0) is 0 Å². The average molecular weight is 233 g/mol. The van der Waals surface area contributed by atoms with E-state index in [1.165, 1.54) is 6.07 Å². The maximum atomic E-state index is 10.7. The zero-order valence-corrected chi connectivity index (χ0v) is 9.43. The van der Waals surface area contributed by atoms with Gasteiger partial charge in [-0.1, -0.05) is 11.2 Å². The molecule has 1 aromatic carbocycles. The summed E-state index contributed by atoms with van der Waals surface area (Å²) in [5.74, 6) is -0.0155. The van der Waals surface area contributed by atoms with E-state index in [9.17, 15) is 4.79 Å². The lowest BCUT2D eigenvalue weighted by Crippen LogP contribution is -1.94. The van der Waals surface area contributed by atoms with E-state index in [4.69, 9.17) is 14.4 Å². The van der Waals surface area contributed by atoms with E-state index >= 15 is 0 Å². The van der Waals surface area contributed by atoms with Gasteiger partial charge in [-0.2, -0.15) is 0 Å². The number of nitrogens with zero attached hydrogens (tertiary/aromatic N) is 1. The van der Waals surface area contributed by atoms with Gasteiger partial charge in [-0.15, -0.1) is 0 Å². The Balaban J connectivity index is 2.47. The fourth-order valence-corrected chi connectivity index (χ4v) is 1.50. The molecule has 1 heterocycles. The highest BCUT2D eigenvalue weighted by Crippen LogP contribution is 2.28. The van der Waals surface area contributed by atoms with Gasteiger partial charge < -0.3 is 14.4 Å². The Kier molecular flexibility index (Phi) is 2.82. The summed E-state index contributed by atoms with van der Waals surface area (Å²) in [5.41, 5.74) is 1.62. The molecule has 0 bridgehead atoms. The summed E-state index contributed by atoms with van der Waals surface area (Å²) < 4.78 is 10.1. The van der Waals surface area contributed by atoms with E-state index in [1.807, 2.05) is 19.1 Å². The van der Waals surface area contributed by atoms with Gasteiger partial charge in [-0.05, 0) is 24.6 Å². The zero-order chi connectivity index (χ0) is 12.4. The number of carbonyl (C=O) groups is 1. The minimum Gasteiger partial charge on any atom is -0.497 e. The molecular weight excluding hydrogens is 222 g/mol. The Morgan fingerprint density at radius 1 is 1.41 bits per heavy atom. The molecule has 0 atom stereocenters. The molecule has 0 aliphatic carbocycles. The van der Waals surface area contributed by atoms with Gasteiger partial charge >= 0.3 is 5.97 Å². The number of carboxylic acid groups (broad SMARTS) is 1. The molecule has 0 spiro atoms. The van der Waals surface area contributed by atoms with Gasteiger partial charge in [0.2, 0.25) is 0 Å². The maximum Gasteiger partial charge on any atom is 0.358 e. The highest BCUT2D eigenvalue weighted by molar-refractivity contribution is 5.86. The highest BCUT2D eigenvalue weighted by atomic mass is 16.5. The predicted octanol–water partition coefficient (Wildman–Crippen LogP) is 2.36. The van der Waals surface area contributed by atoms with E-state index < -0.39 is 5.97 Å². The number of carboxylic acids is 1. The normalized spacial score (nSPS) is 10.2. The summed E-state index contributed by atoms with van der Waals surface area (Å²) in [6.45, 7) is 1.90. The maximum absolute atomic E-state index is 10.7. The number of aromatic carboxylic acids is 1. The van der Waals surface area contributed by atoms with Crippen LogP contribution in [0.25, 0.3) is 11.3 Å². The molecule has 0 aliphatic rings. The number of methoxy groups -OCH3 is 1. The summed E-state index contributed by atoms with van der Waals surface area (Å²) in [6, 6.07) is 6.87. The van der Waals surface area contributed by atoms with E-state index in [0.717, 1.165) is 11.1 Å². The van der Waals surface area contributed by atoms with Crippen molar-refractivity contribution in [1.29, 1.82) is 0 Å². The fourth-order valence-electron chi connectivity index (χ4n) is 1.50. The molecule has 17 heavy (non-hydrogen) atoms. The third kappa shape index (κ3) is 2.13. The summed E-state index contributed by atoms with van der Waals surface area (Å²) in [7, 11) is 1.57. The molecule has 0 amide bonds. The molecule has 5 heteroatoms. The van der Waals surface area contributed by atoms with Crippen molar-refractivity contribution in [3.63, 3.8) is 0 Å². The first-order valence-electron chi connectivity index (χ1n) is 4.97. The SMILES string of the molecule is COc1ccc(C)c(-c2cc(C(=O)O)no2)c1. The third-order valence-corrected chi connectivity index (χ3v) is 2.44. The highest BCUT2D eigenvalue weighted by Gasteiger charge is 2.14. The summed E-state index contributed by atoms with van der Waals surface area (Å²) >= 11 is 0. The van der Waals surface area contributed by atoms with Crippen molar-refractivity contribution in [2.24, 2.45) is 0 Å². The van der Waals surface area contributed by atoms with Crippen molar-refractivity contribution < 1.29 is 19.2 Å². The molecule has 2 aromatic rings. The Labute approximate surface area is 97.6 Å². The number of aryl methyl sites for hydroxylation is 1. The molecule has 2 rings (SSSR count). The van der Waals surface area contributed by atoms with Crippen LogP contribution in [0.2, 0.25) is 0 Å². The third-order valence-electron chi connectivity index (χ3n) is 2.44. The number of aromatic nitrogens is 1. The van der Waals surface area contributed by atoms with Crippen molar-refractivity contribution >= 4 is 5.97 Å². The lowest BCUT2D eigenvalue weighted by atomic mass is 10.1. The number of rotatable bonds is 3. The monoisotopic (exact) mass is 233 g/mol. The van der Waals surface area contributed by atoms with Gasteiger partial charge in [0.15, 0.2) is 11.5 Å². The predicted molar refractivity (Wildman–Crippen MR) is 60.2 cm³/mol. The van der Waals surface area contributed by atoms with Crippen LogP contribution in [0, 0.1) is 6.92 Å². The molecule has 0 saturated carbocycles.